The number of thiophene rings is 1. The van der Waals surface area contributed by atoms with Crippen molar-refractivity contribution in [2.75, 3.05) is 20.2 Å². The quantitative estimate of drug-likeness (QED) is 0.197. The zero-order chi connectivity index (χ0) is 37.4. The fourth-order valence-corrected chi connectivity index (χ4v) is 16.7. The molecule has 0 saturated heterocycles. The molecule has 11 rings (SSSR count). The molecule has 1 aromatic carbocycles. The maximum absolute atomic E-state index is 14.9. The Morgan fingerprint density at radius 2 is 1.66 bits per heavy atom. The molecule has 0 radical (unpaired) electrons. The normalized spacial score (nSPS) is 43.4. The highest BCUT2D eigenvalue weighted by atomic mass is 32.2. The summed E-state index contributed by atoms with van der Waals surface area (Å²) in [6.07, 6.45) is 14.8. The number of hydrogen-bond acceptors (Lipinski definition) is 7. The van der Waals surface area contributed by atoms with Crippen LogP contribution in [0, 0.1) is 56.7 Å². The summed E-state index contributed by atoms with van der Waals surface area (Å²) in [4.78, 5) is 14.9. The number of nitrogens with zero attached hydrogens (tertiary/aromatic N) is 1. The number of ether oxygens (including phenoxy) is 1. The summed E-state index contributed by atoms with van der Waals surface area (Å²) in [6, 6.07) is 10.9. The number of rotatable bonds is 9. The number of sulfonamides is 1. The van der Waals surface area contributed by atoms with Crippen molar-refractivity contribution in [1.82, 2.24) is 4.31 Å². The molecule has 2 N–H and O–H groups in total. The summed E-state index contributed by atoms with van der Waals surface area (Å²) in [7, 11) is -2.22. The van der Waals surface area contributed by atoms with Gasteiger partial charge >= 0.3 is 0 Å². The second-order valence-corrected chi connectivity index (χ2v) is 22.4. The summed E-state index contributed by atoms with van der Waals surface area (Å²) in [5.74, 6) is 2.27. The van der Waals surface area contributed by atoms with E-state index in [0.717, 1.165) is 44.1 Å². The minimum atomic E-state index is -3.85. The molecule has 9 aliphatic rings. The lowest BCUT2D eigenvalue weighted by Crippen LogP contribution is -2.67. The first-order valence-electron chi connectivity index (χ1n) is 20.1. The van der Waals surface area contributed by atoms with Crippen LogP contribution in [0.4, 0.5) is 0 Å². The highest BCUT2D eigenvalue weighted by Gasteiger charge is 2.74. The molecule has 11 unspecified atom stereocenters. The van der Waals surface area contributed by atoms with E-state index in [1.807, 2.05) is 29.6 Å². The van der Waals surface area contributed by atoms with Gasteiger partial charge in [-0.3, -0.25) is 4.79 Å². The summed E-state index contributed by atoms with van der Waals surface area (Å²) < 4.78 is 36.6. The van der Waals surface area contributed by atoms with Crippen LogP contribution < -0.4 is 4.74 Å². The van der Waals surface area contributed by atoms with Gasteiger partial charge in [0, 0.05) is 40.5 Å². The molecule has 11 atom stereocenters. The van der Waals surface area contributed by atoms with Crippen LogP contribution in [0.2, 0.25) is 0 Å². The fourth-order valence-electron chi connectivity index (χ4n) is 14.0. The highest BCUT2D eigenvalue weighted by molar-refractivity contribution is 7.91. The molecule has 2 spiro atoms. The Bertz CT molecular complexity index is 1970. The van der Waals surface area contributed by atoms with Crippen LogP contribution in [-0.4, -0.2) is 60.6 Å². The van der Waals surface area contributed by atoms with Crippen molar-refractivity contribution < 1.29 is 28.2 Å². The third kappa shape index (κ3) is 4.79. The molecular weight excluding hydrogens is 703 g/mol. The van der Waals surface area contributed by atoms with Crippen LogP contribution in [0.3, 0.4) is 0 Å². The molecule has 0 aliphatic heterocycles. The Morgan fingerprint density at radius 1 is 0.943 bits per heavy atom. The molecule has 0 amide bonds. The van der Waals surface area contributed by atoms with E-state index in [9.17, 15) is 23.4 Å². The van der Waals surface area contributed by atoms with Crippen LogP contribution in [-0.2, 0) is 10.0 Å². The van der Waals surface area contributed by atoms with E-state index < -0.39 is 38.0 Å². The second kappa shape index (κ2) is 11.9. The van der Waals surface area contributed by atoms with Crippen LogP contribution in [0.1, 0.15) is 102 Å². The molecule has 1 aromatic heterocycles. The molecular formula is C44H57NO6S2. The van der Waals surface area contributed by atoms with Gasteiger partial charge in [0.25, 0.3) is 10.0 Å². The number of benzene rings is 1. The summed E-state index contributed by atoms with van der Waals surface area (Å²) >= 11 is 1.25. The van der Waals surface area contributed by atoms with Gasteiger partial charge in [0.05, 0.1) is 18.8 Å². The smallest absolute Gasteiger partial charge is 0.252 e. The first-order chi connectivity index (χ1) is 25.0. The molecule has 9 aliphatic carbocycles. The minimum absolute atomic E-state index is 0.00352. The Hall–Kier alpha value is -2.30. The molecule has 1 heterocycles. The Kier molecular flexibility index (Phi) is 8.13. The van der Waals surface area contributed by atoms with Crippen molar-refractivity contribution in [2.45, 2.75) is 108 Å². The molecule has 53 heavy (non-hydrogen) atoms. The van der Waals surface area contributed by atoms with Crippen molar-refractivity contribution >= 4 is 27.1 Å². The van der Waals surface area contributed by atoms with E-state index in [4.69, 9.17) is 4.74 Å². The van der Waals surface area contributed by atoms with E-state index in [1.54, 1.807) is 23.5 Å². The van der Waals surface area contributed by atoms with Gasteiger partial charge in [-0.05, 0) is 140 Å². The van der Waals surface area contributed by atoms with Crippen molar-refractivity contribution in [3.05, 3.63) is 71.1 Å². The SMILES string of the molecule is COc1ccc(C(=O)C2=CC34C=CC25C(CCC2(C)C5CCC2(O)CN(CC2CCC5CC2C5(C)C)S(=O)(=O)c2cccs2)C3(C)CCC(O)C4)cc1. The zero-order valence-electron chi connectivity index (χ0n) is 32.0. The average Bonchev–Trinajstić information content (AvgIpc) is 3.78. The van der Waals surface area contributed by atoms with Gasteiger partial charge in [-0.1, -0.05) is 52.0 Å². The van der Waals surface area contributed by atoms with Crippen molar-refractivity contribution in [1.29, 1.82) is 0 Å². The number of carbonyl (C=O) groups excluding carboxylic acids is 1. The minimum Gasteiger partial charge on any atom is -0.497 e. The predicted octanol–water partition coefficient (Wildman–Crippen LogP) is 8.29. The average molecular weight is 760 g/mol. The van der Waals surface area contributed by atoms with E-state index in [1.165, 1.54) is 17.8 Å². The molecule has 6 fully saturated rings. The highest BCUT2D eigenvalue weighted by Crippen LogP contribution is 2.78. The maximum Gasteiger partial charge on any atom is 0.252 e. The third-order valence-electron chi connectivity index (χ3n) is 17.3. The second-order valence-electron chi connectivity index (χ2n) is 19.3. The number of Topliss-reactive ketones (excluding diaryl/α,β-unsaturated/α-hetero) is 1. The predicted molar refractivity (Wildman–Crippen MR) is 207 cm³/mol. The van der Waals surface area contributed by atoms with Crippen LogP contribution in [0.5, 0.6) is 5.75 Å². The number of allylic oxidation sites excluding steroid dienone is 4. The van der Waals surface area contributed by atoms with E-state index in [0.29, 0.717) is 53.2 Å². The van der Waals surface area contributed by atoms with Gasteiger partial charge in [0.1, 0.15) is 9.96 Å². The summed E-state index contributed by atoms with van der Waals surface area (Å²) in [6.45, 7) is 9.80. The number of aliphatic hydroxyl groups is 2. The lowest BCUT2D eigenvalue weighted by atomic mass is 9.32. The molecule has 9 heteroatoms. The van der Waals surface area contributed by atoms with Crippen LogP contribution in [0.15, 0.2) is 69.8 Å². The van der Waals surface area contributed by atoms with Crippen molar-refractivity contribution in [2.24, 2.45) is 56.7 Å². The molecule has 6 saturated carbocycles. The Labute approximate surface area is 320 Å². The summed E-state index contributed by atoms with van der Waals surface area (Å²) in [5.41, 5.74) is -1.45. The molecule has 7 nitrogen and oxygen atoms in total. The lowest BCUT2D eigenvalue weighted by molar-refractivity contribution is -0.174. The van der Waals surface area contributed by atoms with Crippen molar-refractivity contribution in [3.8, 4) is 5.75 Å². The molecule has 286 valence electrons. The van der Waals surface area contributed by atoms with E-state index in [-0.39, 0.29) is 40.9 Å². The Balaban J connectivity index is 1.12. The standard InChI is InChI=1S/C44H57NO6S2/c1-39(2)30-11-8-29(33(39)23-30)26-45(53(49,50)37-7-6-22-52-37)27-43(48)19-16-36-41(43,4)18-15-35-40(3)17-14-31(46)24-42(40)20-21-44(35,36)34(25-42)38(47)28-9-12-32(51-5)13-10-28/h6-7,9-10,12-13,20-22,25,29-31,33,35-36,46,48H,8,11,14-19,23-24,26-27H2,1-5H3. The maximum atomic E-state index is 14.9. The van der Waals surface area contributed by atoms with Gasteiger partial charge in [0.2, 0.25) is 0 Å². The first kappa shape index (κ1) is 36.3. The molecule has 4 bridgehead atoms. The number of hydrogen-bond donors (Lipinski definition) is 2. The largest absolute Gasteiger partial charge is 0.497 e. The van der Waals surface area contributed by atoms with Gasteiger partial charge < -0.3 is 14.9 Å². The number of fused-ring (bicyclic) bond motifs is 3. The topological polar surface area (TPSA) is 104 Å². The number of carbonyl (C=O) groups is 1. The molecule has 2 aromatic rings. The first-order valence-corrected chi connectivity index (χ1v) is 22.4. The summed E-state index contributed by atoms with van der Waals surface area (Å²) in [5, 5.41) is 26.1. The van der Waals surface area contributed by atoms with Gasteiger partial charge in [0.15, 0.2) is 5.78 Å². The number of ketones is 1. The van der Waals surface area contributed by atoms with E-state index in [2.05, 4.69) is 45.9 Å². The van der Waals surface area contributed by atoms with Crippen LogP contribution >= 0.6 is 11.3 Å². The zero-order valence-corrected chi connectivity index (χ0v) is 33.6. The van der Waals surface area contributed by atoms with E-state index >= 15 is 0 Å². The van der Waals surface area contributed by atoms with Gasteiger partial charge in [-0.2, -0.15) is 4.31 Å². The van der Waals surface area contributed by atoms with Gasteiger partial charge in [-0.15, -0.1) is 11.3 Å². The number of methoxy groups -OCH3 is 1. The van der Waals surface area contributed by atoms with Crippen molar-refractivity contribution in [3.63, 3.8) is 0 Å². The Morgan fingerprint density at radius 3 is 2.34 bits per heavy atom. The fraction of sp³-hybridized carbons (Fsp3) is 0.659. The third-order valence-corrected chi connectivity index (χ3v) is 20.5. The monoisotopic (exact) mass is 759 g/mol. The number of aliphatic hydroxyl groups excluding tert-OH is 1. The lowest BCUT2D eigenvalue weighted by Gasteiger charge is -2.71. The van der Waals surface area contributed by atoms with Crippen LogP contribution in [0.25, 0.3) is 0 Å². The van der Waals surface area contributed by atoms with Gasteiger partial charge in [-0.25, -0.2) is 8.42 Å².